The van der Waals surface area contributed by atoms with E-state index in [0.717, 1.165) is 45.5 Å². The number of fused-ring (bicyclic) bond motifs is 1. The fourth-order valence-electron chi connectivity index (χ4n) is 4.57. The Hall–Kier alpha value is -2.94. The lowest BCUT2D eigenvalue weighted by Crippen LogP contribution is -2.68. The summed E-state index contributed by atoms with van der Waals surface area (Å²) in [5.41, 5.74) is -1.59. The number of nitrogens with one attached hydrogen (secondary N) is 1. The van der Waals surface area contributed by atoms with Crippen LogP contribution in [0.1, 0.15) is 93.8 Å². The van der Waals surface area contributed by atoms with Gasteiger partial charge in [-0.15, -0.1) is 0 Å². The molecule has 1 amide bonds. The quantitative estimate of drug-likeness (QED) is 0.211. The number of ketones is 1. The zero-order chi connectivity index (χ0) is 27.1. The van der Waals surface area contributed by atoms with Gasteiger partial charge in [0.05, 0.1) is 26.2 Å². The molecule has 2 rings (SSSR count). The number of carbonyl (C=O) groups excluding carboxylic acids is 4. The maximum atomic E-state index is 13.6. The highest BCUT2D eigenvalue weighted by Crippen LogP contribution is 2.36. The van der Waals surface area contributed by atoms with Gasteiger partial charge in [0.15, 0.2) is 5.78 Å². The van der Waals surface area contributed by atoms with E-state index in [2.05, 4.69) is 12.2 Å². The van der Waals surface area contributed by atoms with Crippen LogP contribution < -0.4 is 5.32 Å². The Morgan fingerprint density at radius 3 is 2.28 bits per heavy atom. The van der Waals surface area contributed by atoms with E-state index in [4.69, 9.17) is 14.2 Å². The van der Waals surface area contributed by atoms with Crippen LogP contribution in [0, 0.1) is 5.92 Å². The molecule has 0 saturated heterocycles. The minimum atomic E-state index is -2.42. The number of carbonyl (C=O) groups is 4. The van der Waals surface area contributed by atoms with Gasteiger partial charge >= 0.3 is 18.0 Å². The standard InChI is InChI=1S/C27H39NO8/c1-7-8-9-10-11-21(29)18-12-14-19-17(16-18)13-15-20(22(19)30)27(23(31)34-5,24(32)35-6)28-25(33)36-26(2,3)4/h12,14,16,20-21,29H,7-11,13,15H2,1-6H3,(H,28,33). The molecule has 1 aliphatic carbocycles. The van der Waals surface area contributed by atoms with Crippen LogP contribution in [0.4, 0.5) is 4.79 Å². The van der Waals surface area contributed by atoms with Crippen molar-refractivity contribution in [3.8, 4) is 0 Å². The summed E-state index contributed by atoms with van der Waals surface area (Å²) in [7, 11) is 2.12. The number of alkyl carbamates (subject to hydrolysis) is 1. The van der Waals surface area contributed by atoms with E-state index in [1.54, 1.807) is 39.0 Å². The molecule has 36 heavy (non-hydrogen) atoms. The fourth-order valence-corrected chi connectivity index (χ4v) is 4.57. The largest absolute Gasteiger partial charge is 0.467 e. The van der Waals surface area contributed by atoms with Gasteiger partial charge in [0.1, 0.15) is 5.60 Å². The number of aliphatic hydroxyl groups excluding tert-OH is 1. The van der Waals surface area contributed by atoms with Crippen LogP contribution in [0.5, 0.6) is 0 Å². The lowest BCUT2D eigenvalue weighted by Gasteiger charge is -2.38. The topological polar surface area (TPSA) is 128 Å². The van der Waals surface area contributed by atoms with Crippen molar-refractivity contribution >= 4 is 23.8 Å². The highest BCUT2D eigenvalue weighted by atomic mass is 16.6. The Bertz CT molecular complexity index is 949. The van der Waals surface area contributed by atoms with Gasteiger partial charge in [0.2, 0.25) is 5.54 Å². The second kappa shape index (κ2) is 12.3. The zero-order valence-corrected chi connectivity index (χ0v) is 22.1. The summed E-state index contributed by atoms with van der Waals surface area (Å²) in [5.74, 6) is -4.03. The minimum absolute atomic E-state index is 0.0713. The summed E-state index contributed by atoms with van der Waals surface area (Å²) >= 11 is 0. The highest BCUT2D eigenvalue weighted by molar-refractivity contribution is 6.15. The molecule has 9 nitrogen and oxygen atoms in total. The Balaban J connectivity index is 2.40. The number of ether oxygens (including phenoxy) is 3. The summed E-state index contributed by atoms with van der Waals surface area (Å²) in [6, 6.07) is 5.08. The SMILES string of the molecule is CCCCCCC(O)c1ccc2c(c1)CCC(C(NC(=O)OC(C)(C)C)(C(=O)OC)C(=O)OC)C2=O. The van der Waals surface area contributed by atoms with Crippen molar-refractivity contribution in [1.29, 1.82) is 0 Å². The molecule has 1 aromatic rings. The number of hydrogen-bond donors (Lipinski definition) is 2. The molecule has 0 aromatic heterocycles. The van der Waals surface area contributed by atoms with Crippen molar-refractivity contribution < 1.29 is 38.5 Å². The first-order chi connectivity index (χ1) is 16.9. The Morgan fingerprint density at radius 1 is 1.08 bits per heavy atom. The summed E-state index contributed by atoms with van der Waals surface area (Å²) in [5, 5.41) is 12.9. The Labute approximate surface area is 212 Å². The third-order valence-electron chi connectivity index (χ3n) is 6.37. The van der Waals surface area contributed by atoms with Crippen LogP contribution in [0.3, 0.4) is 0 Å². The summed E-state index contributed by atoms with van der Waals surface area (Å²) < 4.78 is 15.0. The van der Waals surface area contributed by atoms with E-state index in [9.17, 15) is 24.3 Å². The van der Waals surface area contributed by atoms with Gasteiger partial charge in [-0.05, 0) is 51.2 Å². The normalized spacial score (nSPS) is 16.5. The lowest BCUT2D eigenvalue weighted by molar-refractivity contribution is -0.166. The van der Waals surface area contributed by atoms with Crippen molar-refractivity contribution in [2.75, 3.05) is 14.2 Å². The summed E-state index contributed by atoms with van der Waals surface area (Å²) in [6.07, 6.45) is 3.53. The van der Waals surface area contributed by atoms with Gasteiger partial charge in [-0.1, -0.05) is 50.8 Å². The molecule has 1 aliphatic rings. The minimum Gasteiger partial charge on any atom is -0.467 e. The first-order valence-electron chi connectivity index (χ1n) is 12.4. The fraction of sp³-hybridized carbons (Fsp3) is 0.630. The molecule has 200 valence electrons. The van der Waals surface area contributed by atoms with Crippen molar-refractivity contribution in [1.82, 2.24) is 5.32 Å². The number of unbranched alkanes of at least 4 members (excludes halogenated alkanes) is 3. The monoisotopic (exact) mass is 505 g/mol. The molecule has 1 aromatic carbocycles. The number of methoxy groups -OCH3 is 2. The van der Waals surface area contributed by atoms with Gasteiger partial charge in [0.25, 0.3) is 0 Å². The molecule has 0 fully saturated rings. The zero-order valence-electron chi connectivity index (χ0n) is 22.1. The van der Waals surface area contributed by atoms with E-state index in [1.807, 2.05) is 0 Å². The van der Waals surface area contributed by atoms with Gasteiger partial charge < -0.3 is 19.3 Å². The van der Waals surface area contributed by atoms with Gasteiger partial charge in [-0.25, -0.2) is 14.4 Å². The number of benzene rings is 1. The molecule has 0 aliphatic heterocycles. The number of hydrogen-bond acceptors (Lipinski definition) is 8. The van der Waals surface area contributed by atoms with E-state index >= 15 is 0 Å². The Morgan fingerprint density at radius 2 is 1.72 bits per heavy atom. The molecule has 2 unspecified atom stereocenters. The number of amides is 1. The maximum Gasteiger partial charge on any atom is 0.409 e. The van der Waals surface area contributed by atoms with E-state index in [-0.39, 0.29) is 6.42 Å². The predicted octanol–water partition coefficient (Wildman–Crippen LogP) is 4.05. The molecule has 2 atom stereocenters. The number of aryl methyl sites for hydroxylation is 1. The molecular formula is C27H39NO8. The van der Waals surface area contributed by atoms with Crippen LogP contribution in [-0.4, -0.2) is 54.3 Å². The Kier molecular flexibility index (Phi) is 10.0. The van der Waals surface area contributed by atoms with E-state index in [0.29, 0.717) is 24.0 Å². The molecular weight excluding hydrogens is 466 g/mol. The van der Waals surface area contributed by atoms with Gasteiger partial charge in [-0.2, -0.15) is 0 Å². The van der Waals surface area contributed by atoms with Crippen LogP contribution >= 0.6 is 0 Å². The van der Waals surface area contributed by atoms with Crippen molar-refractivity contribution in [3.05, 3.63) is 34.9 Å². The molecule has 9 heteroatoms. The second-order valence-electron chi connectivity index (χ2n) is 10.2. The molecule has 0 radical (unpaired) electrons. The summed E-state index contributed by atoms with van der Waals surface area (Å²) in [4.78, 5) is 52.3. The highest BCUT2D eigenvalue weighted by Gasteiger charge is 2.60. The molecule has 0 heterocycles. The average molecular weight is 506 g/mol. The number of Topliss-reactive ketones (excluding diaryl/α,β-unsaturated/α-hetero) is 1. The van der Waals surface area contributed by atoms with Crippen molar-refractivity contribution in [2.24, 2.45) is 5.92 Å². The molecule has 0 saturated carbocycles. The molecule has 0 bridgehead atoms. The van der Waals surface area contributed by atoms with Crippen LogP contribution in [0.2, 0.25) is 0 Å². The average Bonchev–Trinajstić information content (AvgIpc) is 2.83. The first-order valence-corrected chi connectivity index (χ1v) is 12.4. The third-order valence-corrected chi connectivity index (χ3v) is 6.37. The maximum absolute atomic E-state index is 13.6. The number of esters is 2. The van der Waals surface area contributed by atoms with Crippen molar-refractivity contribution in [3.63, 3.8) is 0 Å². The van der Waals surface area contributed by atoms with Crippen molar-refractivity contribution in [2.45, 2.75) is 89.9 Å². The molecule has 2 N–H and O–H groups in total. The smallest absolute Gasteiger partial charge is 0.409 e. The third kappa shape index (κ3) is 6.63. The lowest BCUT2D eigenvalue weighted by atomic mass is 9.71. The van der Waals surface area contributed by atoms with E-state index in [1.165, 1.54) is 0 Å². The van der Waals surface area contributed by atoms with Crippen LogP contribution in [-0.2, 0) is 30.2 Å². The number of aliphatic hydroxyl groups is 1. The summed E-state index contributed by atoms with van der Waals surface area (Å²) in [6.45, 7) is 7.01. The van der Waals surface area contributed by atoms with Gasteiger partial charge in [0, 0.05) is 5.56 Å². The first kappa shape index (κ1) is 29.3. The second-order valence-corrected chi connectivity index (χ2v) is 10.2. The van der Waals surface area contributed by atoms with E-state index < -0.39 is 47.0 Å². The number of rotatable bonds is 10. The molecule has 0 spiro atoms. The van der Waals surface area contributed by atoms with Crippen LogP contribution in [0.25, 0.3) is 0 Å². The van der Waals surface area contributed by atoms with Crippen LogP contribution in [0.15, 0.2) is 18.2 Å². The predicted molar refractivity (Wildman–Crippen MR) is 132 cm³/mol. The van der Waals surface area contributed by atoms with Gasteiger partial charge in [-0.3, -0.25) is 10.1 Å².